The third-order valence-corrected chi connectivity index (χ3v) is 5.75. The van der Waals surface area contributed by atoms with Gasteiger partial charge < -0.3 is 10.2 Å². The van der Waals surface area contributed by atoms with Crippen LogP contribution in [0.25, 0.3) is 17.0 Å². The maximum Gasteiger partial charge on any atom is 0.258 e. The van der Waals surface area contributed by atoms with Gasteiger partial charge in [0.2, 0.25) is 0 Å². The first-order chi connectivity index (χ1) is 15.7. The molecule has 4 aromatic heterocycles. The van der Waals surface area contributed by atoms with E-state index in [0.29, 0.717) is 17.8 Å². The average molecular weight is 442 g/mol. The third kappa shape index (κ3) is 3.93. The number of hydrogen-bond donors (Lipinski definition) is 1. The topological polar surface area (TPSA) is 88.3 Å². The zero-order valence-electron chi connectivity index (χ0n) is 17.2. The van der Waals surface area contributed by atoms with Gasteiger partial charge in [0.15, 0.2) is 11.5 Å². The predicted molar refractivity (Wildman–Crippen MR) is 125 cm³/mol. The zero-order valence-corrected chi connectivity index (χ0v) is 18.0. The lowest BCUT2D eigenvalue weighted by atomic mass is 10.1. The molecule has 0 atom stereocenters. The van der Waals surface area contributed by atoms with Crippen LogP contribution in [-0.2, 0) is 6.54 Å². The third-order valence-electron chi connectivity index (χ3n) is 5.07. The fourth-order valence-corrected chi connectivity index (χ4v) is 3.92. The smallest absolute Gasteiger partial charge is 0.258 e. The van der Waals surface area contributed by atoms with Crippen LogP contribution in [0, 0.1) is 0 Å². The van der Waals surface area contributed by atoms with Gasteiger partial charge in [0.25, 0.3) is 5.91 Å². The van der Waals surface area contributed by atoms with E-state index in [0.717, 1.165) is 28.5 Å². The standard InChI is InChI=1S/C23H19N7OS/c1-29(23(31)17-8-11-24-12-9-17)19-4-2-16(3-5-19)14-25-20-6-7-21-26-27-22(30(21)28-20)18-10-13-32-15-18/h2-13,15H,14H2,1H3,(H,25,28). The molecule has 0 unspecified atom stereocenters. The van der Waals surface area contributed by atoms with E-state index in [4.69, 9.17) is 0 Å². The number of fused-ring (bicyclic) bond motifs is 1. The van der Waals surface area contributed by atoms with Crippen LogP contribution in [0.5, 0.6) is 0 Å². The molecule has 0 aliphatic rings. The summed E-state index contributed by atoms with van der Waals surface area (Å²) in [5, 5.41) is 20.4. The van der Waals surface area contributed by atoms with Crippen molar-refractivity contribution in [2.45, 2.75) is 6.54 Å². The second kappa shape index (κ2) is 8.56. The molecule has 1 amide bonds. The predicted octanol–water partition coefficient (Wildman–Crippen LogP) is 4.14. The average Bonchev–Trinajstić information content (AvgIpc) is 3.52. The van der Waals surface area contributed by atoms with Crippen molar-refractivity contribution in [2.75, 3.05) is 17.3 Å². The molecule has 158 valence electrons. The van der Waals surface area contributed by atoms with Crippen LogP contribution < -0.4 is 10.2 Å². The number of hydrogen-bond acceptors (Lipinski definition) is 7. The van der Waals surface area contributed by atoms with Gasteiger partial charge >= 0.3 is 0 Å². The first kappa shape index (κ1) is 19.8. The van der Waals surface area contributed by atoms with Crippen molar-refractivity contribution in [2.24, 2.45) is 0 Å². The van der Waals surface area contributed by atoms with E-state index in [1.807, 2.05) is 53.2 Å². The summed E-state index contributed by atoms with van der Waals surface area (Å²) >= 11 is 1.61. The van der Waals surface area contributed by atoms with Crippen molar-refractivity contribution < 1.29 is 4.79 Å². The largest absolute Gasteiger partial charge is 0.365 e. The Morgan fingerprint density at radius 2 is 1.84 bits per heavy atom. The van der Waals surface area contributed by atoms with Crippen molar-refractivity contribution >= 4 is 34.4 Å². The molecule has 1 N–H and O–H groups in total. The Bertz CT molecular complexity index is 1350. The molecule has 0 radical (unpaired) electrons. The molecule has 1 aromatic carbocycles. The zero-order chi connectivity index (χ0) is 21.9. The summed E-state index contributed by atoms with van der Waals surface area (Å²) < 4.78 is 1.74. The normalized spacial score (nSPS) is 10.9. The summed E-state index contributed by atoms with van der Waals surface area (Å²) in [5.74, 6) is 1.37. The van der Waals surface area contributed by atoms with Gasteiger partial charge in [0, 0.05) is 48.2 Å². The van der Waals surface area contributed by atoms with Gasteiger partial charge in [-0.1, -0.05) is 12.1 Å². The number of thiophene rings is 1. The fourth-order valence-electron chi connectivity index (χ4n) is 3.29. The molecule has 0 fully saturated rings. The van der Waals surface area contributed by atoms with Gasteiger partial charge in [-0.2, -0.15) is 15.9 Å². The minimum atomic E-state index is -0.0776. The molecular weight excluding hydrogens is 422 g/mol. The first-order valence-corrected chi connectivity index (χ1v) is 10.9. The number of benzene rings is 1. The second-order valence-corrected chi connectivity index (χ2v) is 7.92. The maximum atomic E-state index is 12.6. The number of nitrogens with one attached hydrogen (secondary N) is 1. The molecule has 32 heavy (non-hydrogen) atoms. The molecule has 9 heteroatoms. The van der Waals surface area contributed by atoms with Crippen LogP contribution in [0.1, 0.15) is 15.9 Å². The minimum Gasteiger partial charge on any atom is -0.365 e. The Morgan fingerprint density at radius 3 is 2.59 bits per heavy atom. The van der Waals surface area contributed by atoms with Crippen LogP contribution in [0.2, 0.25) is 0 Å². The van der Waals surface area contributed by atoms with E-state index in [-0.39, 0.29) is 5.91 Å². The fraction of sp³-hybridized carbons (Fsp3) is 0.0870. The van der Waals surface area contributed by atoms with Gasteiger partial charge in [-0.05, 0) is 53.4 Å². The summed E-state index contributed by atoms with van der Waals surface area (Å²) in [4.78, 5) is 18.2. The lowest BCUT2D eigenvalue weighted by Gasteiger charge is -2.18. The SMILES string of the molecule is CN(C(=O)c1ccncc1)c1ccc(CNc2ccc3nnc(-c4ccsc4)n3n2)cc1. The lowest BCUT2D eigenvalue weighted by Crippen LogP contribution is -2.26. The Labute approximate surface area is 188 Å². The molecule has 0 saturated heterocycles. The number of anilines is 2. The van der Waals surface area contributed by atoms with E-state index in [9.17, 15) is 4.79 Å². The number of rotatable bonds is 6. The molecular formula is C23H19N7OS. The Balaban J connectivity index is 1.28. The van der Waals surface area contributed by atoms with Gasteiger partial charge in [0.05, 0.1) is 0 Å². The number of carbonyl (C=O) groups is 1. The van der Waals surface area contributed by atoms with Crippen LogP contribution in [-0.4, -0.2) is 37.8 Å². The second-order valence-electron chi connectivity index (χ2n) is 7.14. The highest BCUT2D eigenvalue weighted by Gasteiger charge is 2.13. The van der Waals surface area contributed by atoms with Gasteiger partial charge in [0.1, 0.15) is 5.82 Å². The quantitative estimate of drug-likeness (QED) is 0.426. The number of carbonyl (C=O) groups excluding carboxylic acids is 1. The number of amides is 1. The number of nitrogens with zero attached hydrogens (tertiary/aromatic N) is 6. The Morgan fingerprint density at radius 1 is 1.03 bits per heavy atom. The molecule has 0 spiro atoms. The highest BCUT2D eigenvalue weighted by molar-refractivity contribution is 7.08. The van der Waals surface area contributed by atoms with Crippen LogP contribution >= 0.6 is 11.3 Å². The maximum absolute atomic E-state index is 12.6. The summed E-state index contributed by atoms with van der Waals surface area (Å²) in [7, 11) is 1.76. The van der Waals surface area contributed by atoms with Crippen molar-refractivity contribution in [3.8, 4) is 11.4 Å². The van der Waals surface area contributed by atoms with Gasteiger partial charge in [-0.25, -0.2) is 0 Å². The molecule has 8 nitrogen and oxygen atoms in total. The van der Waals surface area contributed by atoms with Gasteiger partial charge in [-0.15, -0.1) is 15.3 Å². The monoisotopic (exact) mass is 441 g/mol. The minimum absolute atomic E-state index is 0.0776. The van der Waals surface area contributed by atoms with E-state index >= 15 is 0 Å². The lowest BCUT2D eigenvalue weighted by molar-refractivity contribution is 0.0993. The van der Waals surface area contributed by atoms with Crippen molar-refractivity contribution in [3.05, 3.63) is 88.9 Å². The highest BCUT2D eigenvalue weighted by atomic mass is 32.1. The van der Waals surface area contributed by atoms with E-state index in [1.165, 1.54) is 0 Å². The number of pyridine rings is 1. The molecule has 0 aliphatic heterocycles. The number of aromatic nitrogens is 5. The molecule has 0 aliphatic carbocycles. The van der Waals surface area contributed by atoms with Crippen molar-refractivity contribution in [1.29, 1.82) is 0 Å². The summed E-state index contributed by atoms with van der Waals surface area (Å²) in [5.41, 5.74) is 4.18. The van der Waals surface area contributed by atoms with E-state index < -0.39 is 0 Å². The molecule has 4 heterocycles. The Kier molecular flexibility index (Phi) is 5.30. The summed E-state index contributed by atoms with van der Waals surface area (Å²) in [6, 6.07) is 17.0. The van der Waals surface area contributed by atoms with Gasteiger partial charge in [-0.3, -0.25) is 9.78 Å². The molecule has 5 aromatic rings. The first-order valence-electron chi connectivity index (χ1n) is 9.95. The summed E-state index contributed by atoms with van der Waals surface area (Å²) in [6.07, 6.45) is 3.23. The van der Waals surface area contributed by atoms with Crippen LogP contribution in [0.15, 0.2) is 77.8 Å². The van der Waals surface area contributed by atoms with E-state index in [1.54, 1.807) is 52.3 Å². The van der Waals surface area contributed by atoms with E-state index in [2.05, 4.69) is 25.6 Å². The van der Waals surface area contributed by atoms with Crippen molar-refractivity contribution in [1.82, 2.24) is 24.8 Å². The molecule has 5 rings (SSSR count). The Hall–Kier alpha value is -4.11. The molecule has 0 bridgehead atoms. The molecule has 0 saturated carbocycles. The van der Waals surface area contributed by atoms with Crippen molar-refractivity contribution in [3.63, 3.8) is 0 Å². The summed E-state index contributed by atoms with van der Waals surface area (Å²) in [6.45, 7) is 0.594. The van der Waals surface area contributed by atoms with Crippen LogP contribution in [0.3, 0.4) is 0 Å². The highest BCUT2D eigenvalue weighted by Crippen LogP contribution is 2.21. The van der Waals surface area contributed by atoms with Crippen LogP contribution in [0.4, 0.5) is 11.5 Å².